The summed E-state index contributed by atoms with van der Waals surface area (Å²) >= 11 is 5.17. The Bertz CT molecular complexity index is 510. The van der Waals surface area contributed by atoms with Gasteiger partial charge >= 0.3 is 0 Å². The smallest absolute Gasteiger partial charge is 0.247 e. The van der Waals surface area contributed by atoms with E-state index in [-0.39, 0.29) is 24.0 Å². The molecule has 1 heterocycles. The number of benzene rings is 1. The van der Waals surface area contributed by atoms with Crippen LogP contribution < -0.4 is 0 Å². The molecule has 0 amide bonds. The van der Waals surface area contributed by atoms with Gasteiger partial charge in [-0.15, -0.1) is 10.2 Å². The summed E-state index contributed by atoms with van der Waals surface area (Å²) in [6, 6.07) is 5.59. The van der Waals surface area contributed by atoms with E-state index >= 15 is 0 Å². The Balaban J connectivity index is 2.24. The number of hydrogen-bond donors (Lipinski definition) is 0. The van der Waals surface area contributed by atoms with Gasteiger partial charge in [-0.1, -0.05) is 0 Å². The maximum absolute atomic E-state index is 12.7. The summed E-state index contributed by atoms with van der Waals surface area (Å²) in [5.74, 6) is 0.0201. The van der Waals surface area contributed by atoms with Gasteiger partial charge in [0, 0.05) is 5.56 Å². The summed E-state index contributed by atoms with van der Waals surface area (Å²) < 4.78 is 17.8. The molecule has 0 atom stereocenters. The average Bonchev–Trinajstić information content (AvgIpc) is 2.66. The van der Waals surface area contributed by atoms with Crippen LogP contribution >= 0.6 is 11.6 Å². The van der Waals surface area contributed by atoms with E-state index in [0.717, 1.165) is 0 Å². The summed E-state index contributed by atoms with van der Waals surface area (Å²) in [6.45, 7) is 0. The molecule has 82 valence electrons. The second-order valence-electron chi connectivity index (χ2n) is 3.04. The van der Waals surface area contributed by atoms with E-state index in [4.69, 9.17) is 16.0 Å². The van der Waals surface area contributed by atoms with Crippen LogP contribution in [0.5, 0.6) is 0 Å². The van der Waals surface area contributed by atoms with E-state index in [1.807, 2.05) is 0 Å². The summed E-state index contributed by atoms with van der Waals surface area (Å²) in [4.78, 5) is 10.6. The number of carbonyl (C=O) groups is 1. The van der Waals surface area contributed by atoms with Crippen molar-refractivity contribution in [2.75, 3.05) is 0 Å². The molecule has 2 aromatic rings. The Morgan fingerprint density at radius 2 is 2.00 bits per heavy atom. The first kappa shape index (κ1) is 10.8. The van der Waals surface area contributed by atoms with E-state index in [2.05, 4.69) is 10.2 Å². The first-order valence-electron chi connectivity index (χ1n) is 4.42. The van der Waals surface area contributed by atoms with Crippen molar-refractivity contribution in [3.63, 3.8) is 0 Å². The van der Waals surface area contributed by atoms with E-state index in [9.17, 15) is 9.18 Å². The molecule has 0 unspecified atom stereocenters. The zero-order valence-corrected chi connectivity index (χ0v) is 8.74. The summed E-state index contributed by atoms with van der Waals surface area (Å²) in [7, 11) is 0. The van der Waals surface area contributed by atoms with Gasteiger partial charge < -0.3 is 4.42 Å². The van der Waals surface area contributed by atoms with Gasteiger partial charge in [0.1, 0.15) is 12.2 Å². The normalized spacial score (nSPS) is 10.4. The molecule has 16 heavy (non-hydrogen) atoms. The van der Waals surface area contributed by atoms with E-state index in [1.54, 1.807) is 0 Å². The summed E-state index contributed by atoms with van der Waals surface area (Å²) in [5.41, 5.74) is 0.585. The second-order valence-corrected chi connectivity index (χ2v) is 3.46. The van der Waals surface area contributed by atoms with Crippen LogP contribution in [0.4, 0.5) is 4.39 Å². The monoisotopic (exact) mass is 240 g/mol. The van der Waals surface area contributed by atoms with Crippen molar-refractivity contribution in [2.24, 2.45) is 0 Å². The van der Waals surface area contributed by atoms with Crippen LogP contribution in [0, 0.1) is 5.82 Å². The first-order valence-corrected chi connectivity index (χ1v) is 4.79. The third kappa shape index (κ3) is 2.43. The molecule has 0 spiro atoms. The van der Waals surface area contributed by atoms with Gasteiger partial charge in [0.05, 0.1) is 0 Å². The SMILES string of the molecule is O=C(Cl)Cc1nnc(-c2ccc(F)cc2)o1. The lowest BCUT2D eigenvalue weighted by molar-refractivity contribution is -0.111. The van der Waals surface area contributed by atoms with Crippen molar-refractivity contribution >= 4 is 16.8 Å². The molecule has 1 aromatic carbocycles. The number of hydrogen-bond acceptors (Lipinski definition) is 4. The Kier molecular flexibility index (Phi) is 2.96. The highest BCUT2D eigenvalue weighted by molar-refractivity contribution is 6.63. The number of aromatic nitrogens is 2. The van der Waals surface area contributed by atoms with Crippen molar-refractivity contribution in [2.45, 2.75) is 6.42 Å². The Morgan fingerprint density at radius 3 is 2.62 bits per heavy atom. The topological polar surface area (TPSA) is 56.0 Å². The van der Waals surface area contributed by atoms with Crippen LogP contribution in [-0.2, 0) is 11.2 Å². The number of rotatable bonds is 3. The first-order chi connectivity index (χ1) is 7.65. The Labute approximate surface area is 95.1 Å². The Morgan fingerprint density at radius 1 is 1.31 bits per heavy atom. The average molecular weight is 241 g/mol. The van der Waals surface area contributed by atoms with Gasteiger partial charge in [0.25, 0.3) is 0 Å². The van der Waals surface area contributed by atoms with Gasteiger partial charge in [0.2, 0.25) is 17.0 Å². The fraction of sp³-hybridized carbons (Fsp3) is 0.100. The molecule has 0 saturated carbocycles. The minimum Gasteiger partial charge on any atom is -0.420 e. The molecule has 0 radical (unpaired) electrons. The predicted molar refractivity (Wildman–Crippen MR) is 54.3 cm³/mol. The van der Waals surface area contributed by atoms with Crippen molar-refractivity contribution in [1.29, 1.82) is 0 Å². The van der Waals surface area contributed by atoms with Gasteiger partial charge in [-0.2, -0.15) is 0 Å². The largest absolute Gasteiger partial charge is 0.420 e. The lowest BCUT2D eigenvalue weighted by Crippen LogP contribution is -1.92. The van der Waals surface area contributed by atoms with Crippen LogP contribution in [-0.4, -0.2) is 15.4 Å². The standard InChI is InChI=1S/C10H6ClFN2O2/c11-8(15)5-9-13-14-10(16-9)6-1-3-7(12)4-2-6/h1-4H,5H2. The molecule has 0 N–H and O–H groups in total. The zero-order valence-electron chi connectivity index (χ0n) is 7.98. The van der Waals surface area contributed by atoms with Gasteiger partial charge in [-0.05, 0) is 35.9 Å². The van der Waals surface area contributed by atoms with E-state index in [0.29, 0.717) is 5.56 Å². The second kappa shape index (κ2) is 4.40. The van der Waals surface area contributed by atoms with Crippen LogP contribution in [0.15, 0.2) is 28.7 Å². The van der Waals surface area contributed by atoms with E-state index < -0.39 is 5.24 Å². The minimum absolute atomic E-state index is 0.115. The quantitative estimate of drug-likeness (QED) is 0.772. The van der Waals surface area contributed by atoms with Gasteiger partial charge in [-0.3, -0.25) is 4.79 Å². The molecule has 0 aliphatic heterocycles. The molecule has 0 fully saturated rings. The maximum Gasteiger partial charge on any atom is 0.247 e. The molecular formula is C10H6ClFN2O2. The highest BCUT2D eigenvalue weighted by Crippen LogP contribution is 2.18. The van der Waals surface area contributed by atoms with Crippen LogP contribution in [0.25, 0.3) is 11.5 Å². The number of nitrogens with zero attached hydrogens (tertiary/aromatic N) is 2. The molecule has 0 saturated heterocycles. The van der Waals surface area contributed by atoms with Crippen LogP contribution in [0.1, 0.15) is 5.89 Å². The fourth-order valence-electron chi connectivity index (χ4n) is 1.15. The summed E-state index contributed by atoms with van der Waals surface area (Å²) in [5, 5.41) is 6.78. The fourth-order valence-corrected chi connectivity index (χ4v) is 1.27. The number of halogens is 2. The highest BCUT2D eigenvalue weighted by atomic mass is 35.5. The molecule has 0 aliphatic rings. The van der Waals surface area contributed by atoms with Gasteiger partial charge in [0.15, 0.2) is 0 Å². The molecule has 0 aliphatic carbocycles. The number of carbonyl (C=O) groups excluding carboxylic acids is 1. The highest BCUT2D eigenvalue weighted by Gasteiger charge is 2.10. The lowest BCUT2D eigenvalue weighted by Gasteiger charge is -1.93. The van der Waals surface area contributed by atoms with Crippen LogP contribution in [0.2, 0.25) is 0 Å². The summed E-state index contributed by atoms with van der Waals surface area (Å²) in [6.07, 6.45) is -0.115. The van der Waals surface area contributed by atoms with Crippen molar-refractivity contribution in [3.8, 4) is 11.5 Å². The van der Waals surface area contributed by atoms with Crippen LogP contribution in [0.3, 0.4) is 0 Å². The Hall–Kier alpha value is -1.75. The molecular weight excluding hydrogens is 235 g/mol. The van der Waals surface area contributed by atoms with E-state index in [1.165, 1.54) is 24.3 Å². The zero-order chi connectivity index (χ0) is 11.5. The third-order valence-corrected chi connectivity index (χ3v) is 1.98. The van der Waals surface area contributed by atoms with Crippen molar-refractivity contribution < 1.29 is 13.6 Å². The van der Waals surface area contributed by atoms with Gasteiger partial charge in [-0.25, -0.2) is 4.39 Å². The molecule has 2 rings (SSSR count). The lowest BCUT2D eigenvalue weighted by atomic mass is 10.2. The molecule has 0 bridgehead atoms. The third-order valence-electron chi connectivity index (χ3n) is 1.85. The molecule has 6 heteroatoms. The molecule has 1 aromatic heterocycles. The maximum atomic E-state index is 12.7. The molecule has 4 nitrogen and oxygen atoms in total. The van der Waals surface area contributed by atoms with Crippen molar-refractivity contribution in [1.82, 2.24) is 10.2 Å². The van der Waals surface area contributed by atoms with Crippen molar-refractivity contribution in [3.05, 3.63) is 36.0 Å². The predicted octanol–water partition coefficient (Wildman–Crippen LogP) is 2.18. The minimum atomic E-state index is -0.575.